The lowest BCUT2D eigenvalue weighted by Gasteiger charge is -2.41. The quantitative estimate of drug-likeness (QED) is 0.157. The minimum Gasteiger partial charge on any atom is -0.497 e. The van der Waals surface area contributed by atoms with Gasteiger partial charge in [-0.05, 0) is 91.1 Å². The van der Waals surface area contributed by atoms with Crippen LogP contribution in [-0.2, 0) is 22.7 Å². The molecule has 5 rings (SSSR count). The van der Waals surface area contributed by atoms with Crippen LogP contribution in [0.3, 0.4) is 0 Å². The van der Waals surface area contributed by atoms with E-state index < -0.39 is 32.5 Å². The Morgan fingerprint density at radius 1 is 1.02 bits per heavy atom. The molecule has 1 heterocycles. The van der Waals surface area contributed by atoms with Gasteiger partial charge in [-0.1, -0.05) is 18.2 Å². The first kappa shape index (κ1) is 36.3. The summed E-state index contributed by atoms with van der Waals surface area (Å²) in [5.74, 6) is -0.177. The zero-order valence-electron chi connectivity index (χ0n) is 27.2. The zero-order valence-corrected chi connectivity index (χ0v) is 29.6. The topological polar surface area (TPSA) is 96.9 Å². The molecule has 15 heteroatoms. The van der Waals surface area contributed by atoms with Gasteiger partial charge in [0, 0.05) is 40.4 Å². The Morgan fingerprint density at radius 2 is 1.80 bits per heavy atom. The number of hydrogen-bond acceptors (Lipinski definition) is 8. The van der Waals surface area contributed by atoms with Gasteiger partial charge >= 0.3 is 6.18 Å². The fourth-order valence-corrected chi connectivity index (χ4v) is 8.25. The number of hydrogen-bond donors (Lipinski definition) is 1. The van der Waals surface area contributed by atoms with Crippen molar-refractivity contribution in [1.29, 1.82) is 0 Å². The number of nitrogens with zero attached hydrogens (tertiary/aromatic N) is 4. The van der Waals surface area contributed by atoms with Crippen LogP contribution in [-0.4, -0.2) is 63.7 Å². The molecular weight excluding hydrogens is 730 g/mol. The van der Waals surface area contributed by atoms with E-state index in [2.05, 4.69) is 31.2 Å². The lowest BCUT2D eigenvalue weighted by atomic mass is 9.78. The lowest BCUT2D eigenvalue weighted by Crippen LogP contribution is -2.47. The van der Waals surface area contributed by atoms with Gasteiger partial charge < -0.3 is 19.7 Å². The second kappa shape index (κ2) is 14.9. The van der Waals surface area contributed by atoms with Crippen molar-refractivity contribution in [2.24, 2.45) is 0 Å². The van der Waals surface area contributed by atoms with Crippen LogP contribution in [0, 0.1) is 5.82 Å². The van der Waals surface area contributed by atoms with Crippen LogP contribution in [0.25, 0.3) is 0 Å². The maximum atomic E-state index is 16.0. The summed E-state index contributed by atoms with van der Waals surface area (Å²) in [6.45, 7) is -0.233. The molecule has 1 N–H and O–H groups in total. The van der Waals surface area contributed by atoms with Gasteiger partial charge in [-0.25, -0.2) is 27.1 Å². The summed E-state index contributed by atoms with van der Waals surface area (Å²) in [4.78, 5) is 9.44. The van der Waals surface area contributed by atoms with E-state index in [1.165, 1.54) is 51.0 Å². The van der Waals surface area contributed by atoms with Crippen LogP contribution in [0.15, 0.2) is 82.6 Å². The first-order valence-electron chi connectivity index (χ1n) is 15.3. The summed E-state index contributed by atoms with van der Waals surface area (Å²) in [7, 11) is 2.18. The van der Waals surface area contributed by atoms with Gasteiger partial charge in [0.2, 0.25) is 0 Å². The average Bonchev–Trinajstić information content (AvgIpc) is 3.08. The van der Waals surface area contributed by atoms with E-state index in [4.69, 9.17) is 9.47 Å². The standard InChI is InChI=1S/C34H36BrF4N5O4S/c1-43(2)30-15-22(21-6-5-7-24(14-21)34(37,38)39)9-11-28(30)42-29-18-27(36)32(17-26(29)35)49(45,46)44(33-12-13-40-20-41-33)19-23-8-10-25(47-3)16-31(23)48-4/h5-8,10,12-14,16-18,20,22,28,30,42H,9,11,15,19H2,1-4H3/t22-,28-,30-/m0/s1. The highest BCUT2D eigenvalue weighted by Gasteiger charge is 2.36. The molecule has 0 saturated heterocycles. The van der Waals surface area contributed by atoms with E-state index in [0.29, 0.717) is 52.0 Å². The van der Waals surface area contributed by atoms with E-state index in [1.54, 1.807) is 24.3 Å². The Kier molecular flexibility index (Phi) is 11.0. The fourth-order valence-electron chi connectivity index (χ4n) is 6.17. The van der Waals surface area contributed by atoms with Crippen LogP contribution in [0.1, 0.15) is 41.9 Å². The van der Waals surface area contributed by atoms with Crippen molar-refractivity contribution >= 4 is 37.5 Å². The highest BCUT2D eigenvalue weighted by atomic mass is 79.9. The molecule has 3 atom stereocenters. The fraction of sp³-hybridized carbons (Fsp3) is 0.353. The first-order chi connectivity index (χ1) is 23.2. The summed E-state index contributed by atoms with van der Waals surface area (Å²) < 4.78 is 96.5. The number of likely N-dealkylation sites (N-methyl/N-ethyl adjacent to an activating group) is 1. The maximum absolute atomic E-state index is 16.0. The van der Waals surface area contributed by atoms with Gasteiger partial charge in [0.25, 0.3) is 10.0 Å². The summed E-state index contributed by atoms with van der Waals surface area (Å²) in [6, 6.07) is 13.8. The van der Waals surface area contributed by atoms with E-state index in [9.17, 15) is 21.6 Å². The van der Waals surface area contributed by atoms with Crippen LogP contribution in [0.2, 0.25) is 0 Å². The Hall–Kier alpha value is -3.95. The number of anilines is 2. The number of halogens is 5. The lowest BCUT2D eigenvalue weighted by molar-refractivity contribution is -0.137. The van der Waals surface area contributed by atoms with Crippen LogP contribution in [0.5, 0.6) is 11.5 Å². The first-order valence-corrected chi connectivity index (χ1v) is 17.5. The van der Waals surface area contributed by atoms with Gasteiger partial charge in [-0.15, -0.1) is 0 Å². The molecule has 49 heavy (non-hydrogen) atoms. The predicted octanol–water partition coefficient (Wildman–Crippen LogP) is 7.49. The largest absolute Gasteiger partial charge is 0.497 e. The van der Waals surface area contributed by atoms with E-state index >= 15 is 4.39 Å². The van der Waals surface area contributed by atoms with Crippen molar-refractivity contribution in [3.05, 3.63) is 100 Å². The highest BCUT2D eigenvalue weighted by molar-refractivity contribution is 9.10. The van der Waals surface area contributed by atoms with Crippen LogP contribution < -0.4 is 19.1 Å². The number of aromatic nitrogens is 2. The Balaban J connectivity index is 1.42. The van der Waals surface area contributed by atoms with E-state index in [0.717, 1.165) is 16.4 Å². The molecule has 0 amide bonds. The SMILES string of the molecule is COc1ccc(CN(c2ccncn2)S(=O)(=O)c2cc(Br)c(N[C@H]3CC[C@H](c4cccc(C(F)(F)F)c4)C[C@@H]3N(C)C)cc2F)c(OC)c1. The molecule has 1 aliphatic rings. The molecule has 4 aromatic rings. The van der Waals surface area contributed by atoms with E-state index in [1.807, 2.05) is 19.0 Å². The molecule has 1 aromatic heterocycles. The minimum atomic E-state index is -4.54. The molecule has 3 aromatic carbocycles. The third-order valence-electron chi connectivity index (χ3n) is 8.73. The number of benzene rings is 3. The predicted molar refractivity (Wildman–Crippen MR) is 182 cm³/mol. The average molecular weight is 767 g/mol. The monoisotopic (exact) mass is 765 g/mol. The normalized spacial score (nSPS) is 18.3. The third kappa shape index (κ3) is 8.10. The molecule has 262 valence electrons. The summed E-state index contributed by atoms with van der Waals surface area (Å²) >= 11 is 3.45. The number of ether oxygens (including phenoxy) is 2. The second-order valence-electron chi connectivity index (χ2n) is 11.9. The number of nitrogens with one attached hydrogen (secondary N) is 1. The zero-order chi connectivity index (χ0) is 35.5. The van der Waals surface area contributed by atoms with Crippen LogP contribution in [0.4, 0.5) is 29.1 Å². The van der Waals surface area contributed by atoms with Gasteiger partial charge in [0.05, 0.1) is 32.0 Å². The maximum Gasteiger partial charge on any atom is 0.416 e. The molecule has 1 fully saturated rings. The Labute approximate surface area is 291 Å². The number of methoxy groups -OCH3 is 2. The van der Waals surface area contributed by atoms with Crippen molar-refractivity contribution in [2.75, 3.05) is 37.9 Å². The Bertz CT molecular complexity index is 1880. The van der Waals surface area contributed by atoms with Crippen molar-refractivity contribution in [3.63, 3.8) is 0 Å². The number of alkyl halides is 3. The molecule has 0 spiro atoms. The molecule has 1 saturated carbocycles. The number of rotatable bonds is 11. The number of sulfonamides is 1. The summed E-state index contributed by atoms with van der Waals surface area (Å²) in [6.07, 6.45) is -0.0767. The highest BCUT2D eigenvalue weighted by Crippen LogP contribution is 2.40. The third-order valence-corrected chi connectivity index (χ3v) is 11.1. The van der Waals surface area contributed by atoms with Gasteiger partial charge in [-0.2, -0.15) is 13.2 Å². The minimum absolute atomic E-state index is 0.0250. The van der Waals surface area contributed by atoms with Crippen molar-refractivity contribution in [1.82, 2.24) is 14.9 Å². The molecule has 9 nitrogen and oxygen atoms in total. The molecule has 1 aliphatic carbocycles. The molecule has 0 radical (unpaired) electrons. The van der Waals surface area contributed by atoms with Gasteiger partial charge in [0.15, 0.2) is 0 Å². The molecule has 0 unspecified atom stereocenters. The summed E-state index contributed by atoms with van der Waals surface area (Å²) in [5.41, 5.74) is 0.778. The van der Waals surface area contributed by atoms with Gasteiger partial charge in [0.1, 0.15) is 34.4 Å². The molecule has 0 bridgehead atoms. The van der Waals surface area contributed by atoms with Crippen molar-refractivity contribution in [2.45, 2.75) is 54.9 Å². The van der Waals surface area contributed by atoms with Crippen molar-refractivity contribution < 1.29 is 35.5 Å². The molecule has 0 aliphatic heterocycles. The Morgan fingerprint density at radius 3 is 2.45 bits per heavy atom. The smallest absolute Gasteiger partial charge is 0.416 e. The van der Waals surface area contributed by atoms with Crippen LogP contribution >= 0.6 is 15.9 Å². The van der Waals surface area contributed by atoms with Gasteiger partial charge in [-0.3, -0.25) is 0 Å². The molecular formula is C34H36BrF4N5O4S. The van der Waals surface area contributed by atoms with Crippen molar-refractivity contribution in [3.8, 4) is 11.5 Å². The van der Waals surface area contributed by atoms with E-state index in [-0.39, 0.29) is 30.4 Å². The summed E-state index contributed by atoms with van der Waals surface area (Å²) in [5, 5.41) is 3.37. The second-order valence-corrected chi connectivity index (χ2v) is 14.6.